The van der Waals surface area contributed by atoms with E-state index in [1.807, 2.05) is 41.9 Å². The number of hydrogen-bond acceptors (Lipinski definition) is 4. The Balaban J connectivity index is 1.70. The lowest BCUT2D eigenvalue weighted by molar-refractivity contribution is 1.29. The molecule has 2 aliphatic heterocycles. The van der Waals surface area contributed by atoms with Gasteiger partial charge in [-0.3, -0.25) is 4.98 Å². The van der Waals surface area contributed by atoms with Crippen LogP contribution in [0.1, 0.15) is 0 Å². The Bertz CT molecular complexity index is 1230. The van der Waals surface area contributed by atoms with Crippen LogP contribution < -0.4 is 15.9 Å². The van der Waals surface area contributed by atoms with Crippen molar-refractivity contribution in [3.63, 3.8) is 0 Å². The first kappa shape index (κ1) is 17.1. The Kier molecular flexibility index (Phi) is 3.86. The Hall–Kier alpha value is -1.84. The van der Waals surface area contributed by atoms with E-state index in [1.165, 1.54) is 35.5 Å². The molecule has 4 aromatic rings. The molecule has 1 aromatic heterocycles. The number of fused-ring (bicyclic) bond motifs is 4. The van der Waals surface area contributed by atoms with Crippen LogP contribution in [0.2, 0.25) is 0 Å². The monoisotopic (exact) mass is 431 g/mol. The van der Waals surface area contributed by atoms with Crippen molar-refractivity contribution in [2.75, 3.05) is 0 Å². The van der Waals surface area contributed by atoms with E-state index in [9.17, 15) is 0 Å². The maximum absolute atomic E-state index is 6.59. The molecule has 0 aliphatic carbocycles. The van der Waals surface area contributed by atoms with Crippen molar-refractivity contribution in [3.8, 4) is 11.3 Å². The van der Waals surface area contributed by atoms with E-state index >= 15 is 0 Å². The van der Waals surface area contributed by atoms with Gasteiger partial charge in [-0.1, -0.05) is 77.8 Å². The molecular formula is C23H14NPS3. The second-order valence-electron chi connectivity index (χ2n) is 6.78. The summed E-state index contributed by atoms with van der Waals surface area (Å²) in [6.45, 7) is 0. The Morgan fingerprint density at radius 3 is 1.82 bits per heavy atom. The zero-order valence-electron chi connectivity index (χ0n) is 14.7. The highest BCUT2D eigenvalue weighted by Crippen LogP contribution is 2.59. The fourth-order valence-corrected chi connectivity index (χ4v) is 13.2. The first-order valence-electron chi connectivity index (χ1n) is 9.00. The third-order valence-corrected chi connectivity index (χ3v) is 13.0. The van der Waals surface area contributed by atoms with Crippen molar-refractivity contribution in [1.29, 1.82) is 0 Å². The molecule has 0 atom stereocenters. The Morgan fingerprint density at radius 2 is 1.25 bits per heavy atom. The molecule has 0 amide bonds. The average molecular weight is 432 g/mol. The predicted octanol–water partition coefficient (Wildman–Crippen LogP) is 5.43. The van der Waals surface area contributed by atoms with Gasteiger partial charge in [0.15, 0.2) is 0 Å². The summed E-state index contributed by atoms with van der Waals surface area (Å²) in [5.41, 5.74) is 2.17. The second kappa shape index (κ2) is 6.33. The van der Waals surface area contributed by atoms with E-state index in [2.05, 4.69) is 71.7 Å². The summed E-state index contributed by atoms with van der Waals surface area (Å²) < 4.78 is 0. The number of hydrogen-bond donors (Lipinski definition) is 0. The molecule has 2 aliphatic rings. The smallest absolute Gasteiger partial charge is 0.0702 e. The normalized spacial score (nSPS) is 15.3. The fourth-order valence-electron chi connectivity index (χ4n) is 3.94. The Labute approximate surface area is 177 Å². The number of nitrogens with zero attached hydrogens (tertiary/aromatic N) is 1. The lowest BCUT2D eigenvalue weighted by Gasteiger charge is -2.37. The van der Waals surface area contributed by atoms with E-state index in [-0.39, 0.29) is 0 Å². The molecule has 0 saturated heterocycles. The highest BCUT2D eigenvalue weighted by atomic mass is 32.4. The largest absolute Gasteiger partial charge is 0.256 e. The molecule has 0 N–H and O–H groups in total. The first-order valence-corrected chi connectivity index (χ1v) is 13.4. The summed E-state index contributed by atoms with van der Waals surface area (Å²) in [5, 5.41) is 4.04. The summed E-state index contributed by atoms with van der Waals surface area (Å²) in [5.74, 6) is 0. The van der Waals surface area contributed by atoms with Crippen LogP contribution in [0.5, 0.6) is 0 Å². The van der Waals surface area contributed by atoms with E-state index in [0.717, 1.165) is 11.3 Å². The highest BCUT2D eigenvalue weighted by Gasteiger charge is 2.40. The summed E-state index contributed by atoms with van der Waals surface area (Å²) >= 11 is 10.3. The van der Waals surface area contributed by atoms with E-state index in [1.54, 1.807) is 0 Å². The molecule has 0 unspecified atom stereocenters. The first-order chi connectivity index (χ1) is 13.7. The zero-order valence-corrected chi connectivity index (χ0v) is 18.0. The minimum atomic E-state index is -2.06. The molecule has 134 valence electrons. The van der Waals surface area contributed by atoms with Crippen LogP contribution in [0.4, 0.5) is 0 Å². The van der Waals surface area contributed by atoms with Gasteiger partial charge in [0.2, 0.25) is 0 Å². The molecule has 3 aromatic carbocycles. The summed E-state index contributed by atoms with van der Waals surface area (Å²) in [6, 6.07) is 26.0. The molecule has 0 radical (unpaired) electrons. The lowest BCUT2D eigenvalue weighted by Crippen LogP contribution is -2.34. The van der Waals surface area contributed by atoms with Crippen molar-refractivity contribution in [2.45, 2.75) is 19.6 Å². The number of pyridine rings is 1. The molecule has 0 saturated carbocycles. The molecule has 3 heterocycles. The van der Waals surface area contributed by atoms with Crippen molar-refractivity contribution >= 4 is 57.3 Å². The van der Waals surface area contributed by atoms with E-state index in [4.69, 9.17) is 11.8 Å². The maximum Gasteiger partial charge on any atom is 0.0702 e. The van der Waals surface area contributed by atoms with Gasteiger partial charge in [0, 0.05) is 53.3 Å². The maximum atomic E-state index is 6.59. The van der Waals surface area contributed by atoms with Crippen LogP contribution in [0.15, 0.2) is 105 Å². The number of aromatic nitrogens is 1. The standard InChI is InChI=1S/C23H14NPS3/c26-25-17-8-1-3-10-19(17)27-21-13-15(16-7-5-6-12-24-16)14-22(23(21)25)28-20-11-4-2-9-18(20)25/h1-14H. The van der Waals surface area contributed by atoms with Gasteiger partial charge in [0.25, 0.3) is 0 Å². The molecule has 6 rings (SSSR count). The van der Waals surface area contributed by atoms with Gasteiger partial charge in [0.05, 0.1) is 5.69 Å². The SMILES string of the molecule is S=P12c3ccccc3Sc3cc(-c4ccccn4)cc(c31)Sc1ccccc12. The molecule has 28 heavy (non-hydrogen) atoms. The molecule has 1 nitrogen and oxygen atoms in total. The van der Waals surface area contributed by atoms with Crippen molar-refractivity contribution in [1.82, 2.24) is 4.98 Å². The van der Waals surface area contributed by atoms with Gasteiger partial charge in [-0.15, -0.1) is 0 Å². The van der Waals surface area contributed by atoms with Gasteiger partial charge in [0.1, 0.15) is 0 Å². The van der Waals surface area contributed by atoms with Gasteiger partial charge in [-0.2, -0.15) is 0 Å². The van der Waals surface area contributed by atoms with Crippen molar-refractivity contribution in [2.24, 2.45) is 0 Å². The fraction of sp³-hybridized carbons (Fsp3) is 0. The van der Waals surface area contributed by atoms with Crippen LogP contribution in [-0.4, -0.2) is 4.98 Å². The molecule has 5 heteroatoms. The van der Waals surface area contributed by atoms with Crippen LogP contribution in [0.3, 0.4) is 0 Å². The third-order valence-electron chi connectivity index (χ3n) is 5.16. The van der Waals surface area contributed by atoms with E-state index < -0.39 is 6.04 Å². The van der Waals surface area contributed by atoms with Crippen molar-refractivity contribution < 1.29 is 0 Å². The second-order valence-corrected chi connectivity index (χ2v) is 13.2. The summed E-state index contributed by atoms with van der Waals surface area (Å²) in [6.07, 6.45) is 1.86. The minimum Gasteiger partial charge on any atom is -0.256 e. The minimum absolute atomic E-state index is 1.01. The predicted molar refractivity (Wildman–Crippen MR) is 124 cm³/mol. The highest BCUT2D eigenvalue weighted by molar-refractivity contribution is 8.27. The Morgan fingerprint density at radius 1 is 0.679 bits per heavy atom. The van der Waals surface area contributed by atoms with Gasteiger partial charge < -0.3 is 0 Å². The van der Waals surface area contributed by atoms with Crippen LogP contribution in [0.25, 0.3) is 11.3 Å². The third kappa shape index (κ3) is 2.36. The topological polar surface area (TPSA) is 12.9 Å². The van der Waals surface area contributed by atoms with Crippen LogP contribution >= 0.6 is 29.6 Å². The van der Waals surface area contributed by atoms with Gasteiger partial charge >= 0.3 is 0 Å². The lowest BCUT2D eigenvalue weighted by atomic mass is 10.1. The summed E-state index contributed by atoms with van der Waals surface area (Å²) in [4.78, 5) is 9.76. The van der Waals surface area contributed by atoms with Crippen LogP contribution in [-0.2, 0) is 11.8 Å². The molecule has 0 fully saturated rings. The summed E-state index contributed by atoms with van der Waals surface area (Å²) in [7, 11) is 0. The number of benzene rings is 3. The molecular weight excluding hydrogens is 417 g/mol. The molecule has 0 bridgehead atoms. The van der Waals surface area contributed by atoms with Gasteiger partial charge in [-0.25, -0.2) is 0 Å². The van der Waals surface area contributed by atoms with Crippen molar-refractivity contribution in [3.05, 3.63) is 85.1 Å². The van der Waals surface area contributed by atoms with Gasteiger partial charge in [-0.05, 0) is 36.4 Å². The number of rotatable bonds is 1. The zero-order chi connectivity index (χ0) is 18.7. The van der Waals surface area contributed by atoms with Crippen LogP contribution in [0, 0.1) is 0 Å². The van der Waals surface area contributed by atoms with E-state index in [0.29, 0.717) is 0 Å². The molecule has 0 spiro atoms. The quantitative estimate of drug-likeness (QED) is 0.322. The average Bonchev–Trinajstić information content (AvgIpc) is 2.74.